The summed E-state index contributed by atoms with van der Waals surface area (Å²) in [4.78, 5) is 28.9. The molecule has 2 amide bonds. The molecule has 6 heteroatoms. The molecule has 1 saturated heterocycles. The van der Waals surface area contributed by atoms with Gasteiger partial charge < -0.3 is 5.11 Å². The number of carbonyl (C=O) groups is 2. The molecular weight excluding hydrogens is 433 g/mol. The standard InChI is InChI=1S/C25H17Cl2NO3/c26-13-9-10-18(27)19(11-13)28-23(30)21-20-14-5-1-3-7-16(14)25(12-29,22(21)24(28)31)17-8-4-2-6-15(17)20/h1-11,20-22,29H,12H2/t20?,21-,22-,25?/m0/s1. The molecule has 2 bridgehead atoms. The largest absolute Gasteiger partial charge is 0.395 e. The van der Waals surface area contributed by atoms with E-state index in [-0.39, 0.29) is 29.4 Å². The van der Waals surface area contributed by atoms with E-state index in [1.807, 2.05) is 48.5 Å². The number of imide groups is 1. The molecule has 0 radical (unpaired) electrons. The molecular formula is C25H17Cl2NO3. The second-order valence-corrected chi connectivity index (χ2v) is 9.24. The number of benzene rings is 3. The fraction of sp³-hybridized carbons (Fsp3) is 0.200. The van der Waals surface area contributed by atoms with Crippen molar-refractivity contribution in [3.8, 4) is 0 Å². The molecule has 1 heterocycles. The number of aliphatic hydroxyl groups excluding tert-OH is 1. The number of carbonyl (C=O) groups excluding carboxylic acids is 2. The number of rotatable bonds is 2. The molecule has 0 spiro atoms. The zero-order chi connectivity index (χ0) is 21.5. The van der Waals surface area contributed by atoms with Crippen LogP contribution >= 0.6 is 23.2 Å². The van der Waals surface area contributed by atoms with Crippen molar-refractivity contribution < 1.29 is 14.7 Å². The summed E-state index contributed by atoms with van der Waals surface area (Å²) in [6, 6.07) is 20.4. The van der Waals surface area contributed by atoms with Gasteiger partial charge in [-0.15, -0.1) is 0 Å². The fourth-order valence-corrected chi connectivity index (χ4v) is 6.46. The van der Waals surface area contributed by atoms with E-state index in [4.69, 9.17) is 23.2 Å². The number of aliphatic hydroxyl groups is 1. The summed E-state index contributed by atoms with van der Waals surface area (Å²) in [5, 5.41) is 11.5. The van der Waals surface area contributed by atoms with E-state index in [1.54, 1.807) is 18.2 Å². The van der Waals surface area contributed by atoms with Crippen molar-refractivity contribution in [1.82, 2.24) is 0 Å². The van der Waals surface area contributed by atoms with Crippen LogP contribution in [0.2, 0.25) is 10.0 Å². The molecule has 3 aromatic rings. The first-order valence-electron chi connectivity index (χ1n) is 10.1. The van der Waals surface area contributed by atoms with Crippen molar-refractivity contribution in [3.05, 3.63) is 99.0 Å². The van der Waals surface area contributed by atoms with E-state index in [2.05, 4.69) is 0 Å². The zero-order valence-corrected chi connectivity index (χ0v) is 17.8. The van der Waals surface area contributed by atoms with Crippen molar-refractivity contribution in [2.45, 2.75) is 11.3 Å². The predicted octanol–water partition coefficient (Wildman–Crippen LogP) is 4.54. The van der Waals surface area contributed by atoms with Gasteiger partial charge in [0.15, 0.2) is 0 Å². The number of anilines is 1. The molecule has 1 N–H and O–H groups in total. The third kappa shape index (κ3) is 2.20. The first-order chi connectivity index (χ1) is 15.0. The Balaban J connectivity index is 1.65. The second kappa shape index (κ2) is 6.42. The molecule has 0 unspecified atom stereocenters. The Morgan fingerprint density at radius 2 is 1.48 bits per heavy atom. The van der Waals surface area contributed by atoms with Crippen LogP contribution in [0, 0.1) is 11.8 Å². The Morgan fingerprint density at radius 3 is 2.10 bits per heavy atom. The zero-order valence-electron chi connectivity index (χ0n) is 16.3. The summed E-state index contributed by atoms with van der Waals surface area (Å²) < 4.78 is 0. The van der Waals surface area contributed by atoms with E-state index in [0.29, 0.717) is 10.7 Å². The molecule has 4 aliphatic rings. The summed E-state index contributed by atoms with van der Waals surface area (Å²) in [5.74, 6) is -2.23. The van der Waals surface area contributed by atoms with Gasteiger partial charge in [-0.3, -0.25) is 9.59 Å². The minimum Gasteiger partial charge on any atom is -0.395 e. The van der Waals surface area contributed by atoms with Crippen LogP contribution in [0.3, 0.4) is 0 Å². The number of nitrogens with zero attached hydrogens (tertiary/aromatic N) is 1. The number of hydrogen-bond donors (Lipinski definition) is 1. The monoisotopic (exact) mass is 449 g/mol. The smallest absolute Gasteiger partial charge is 0.239 e. The van der Waals surface area contributed by atoms with Gasteiger partial charge in [0.1, 0.15) is 0 Å². The predicted molar refractivity (Wildman–Crippen MR) is 119 cm³/mol. The average molecular weight is 450 g/mol. The molecule has 2 atom stereocenters. The van der Waals surface area contributed by atoms with Crippen molar-refractivity contribution in [1.29, 1.82) is 0 Å². The SMILES string of the molecule is O=C1[C@@H]2[C@@H](C(=O)N1c1cc(Cl)ccc1Cl)C1c3ccccc3C2(CO)c2ccccc21. The first-order valence-corrected chi connectivity index (χ1v) is 10.9. The summed E-state index contributed by atoms with van der Waals surface area (Å²) in [6.07, 6.45) is 0. The van der Waals surface area contributed by atoms with Gasteiger partial charge in [-0.05, 0) is 40.5 Å². The molecule has 1 fully saturated rings. The van der Waals surface area contributed by atoms with Crippen LogP contribution < -0.4 is 4.90 Å². The maximum absolute atomic E-state index is 13.9. The molecule has 7 rings (SSSR count). The van der Waals surface area contributed by atoms with E-state index in [9.17, 15) is 14.7 Å². The fourth-order valence-electron chi connectivity index (χ4n) is 6.09. The lowest BCUT2D eigenvalue weighted by Crippen LogP contribution is -2.55. The van der Waals surface area contributed by atoms with Crippen LogP contribution in [0.4, 0.5) is 5.69 Å². The van der Waals surface area contributed by atoms with Gasteiger partial charge in [0.25, 0.3) is 0 Å². The third-order valence-electron chi connectivity index (χ3n) is 7.19. The van der Waals surface area contributed by atoms with Gasteiger partial charge in [0, 0.05) is 10.9 Å². The van der Waals surface area contributed by atoms with Crippen LogP contribution in [0.25, 0.3) is 0 Å². The highest BCUT2D eigenvalue weighted by atomic mass is 35.5. The minimum absolute atomic E-state index is 0.259. The van der Waals surface area contributed by atoms with Gasteiger partial charge in [-0.1, -0.05) is 71.7 Å². The summed E-state index contributed by atoms with van der Waals surface area (Å²) in [7, 11) is 0. The number of halogens is 2. The van der Waals surface area contributed by atoms with Crippen LogP contribution in [0.15, 0.2) is 66.7 Å². The van der Waals surface area contributed by atoms with Crippen molar-refractivity contribution in [3.63, 3.8) is 0 Å². The Hall–Kier alpha value is -2.66. The number of amides is 2. The van der Waals surface area contributed by atoms with E-state index >= 15 is 0 Å². The normalized spacial score (nSPS) is 27.8. The van der Waals surface area contributed by atoms with Crippen LogP contribution in [0.5, 0.6) is 0 Å². The van der Waals surface area contributed by atoms with Gasteiger partial charge in [0.05, 0.1) is 34.6 Å². The molecule has 0 aromatic heterocycles. The first kappa shape index (κ1) is 19.1. The quantitative estimate of drug-likeness (QED) is 0.584. The summed E-state index contributed by atoms with van der Waals surface area (Å²) in [5.41, 5.74) is 3.14. The molecule has 0 saturated carbocycles. The average Bonchev–Trinajstić information content (AvgIpc) is 3.06. The molecule has 154 valence electrons. The molecule has 4 nitrogen and oxygen atoms in total. The van der Waals surface area contributed by atoms with E-state index in [1.165, 1.54) is 4.90 Å². The lowest BCUT2D eigenvalue weighted by atomic mass is 9.47. The maximum Gasteiger partial charge on any atom is 0.239 e. The van der Waals surface area contributed by atoms with Gasteiger partial charge in [-0.25, -0.2) is 4.90 Å². The lowest BCUT2D eigenvalue weighted by molar-refractivity contribution is -0.124. The highest BCUT2D eigenvalue weighted by Gasteiger charge is 2.68. The highest BCUT2D eigenvalue weighted by Crippen LogP contribution is 2.64. The van der Waals surface area contributed by atoms with Gasteiger partial charge in [-0.2, -0.15) is 0 Å². The van der Waals surface area contributed by atoms with Crippen molar-refractivity contribution in [2.75, 3.05) is 11.5 Å². The minimum atomic E-state index is -0.987. The Labute approximate surface area is 189 Å². The lowest BCUT2D eigenvalue weighted by Gasteiger charge is -2.53. The molecule has 3 aromatic carbocycles. The molecule has 31 heavy (non-hydrogen) atoms. The molecule has 1 aliphatic heterocycles. The molecule has 3 aliphatic carbocycles. The maximum atomic E-state index is 13.9. The van der Waals surface area contributed by atoms with Crippen molar-refractivity contribution >= 4 is 40.7 Å². The van der Waals surface area contributed by atoms with Crippen LogP contribution in [-0.2, 0) is 15.0 Å². The van der Waals surface area contributed by atoms with Crippen LogP contribution in [0.1, 0.15) is 28.2 Å². The van der Waals surface area contributed by atoms with Crippen LogP contribution in [-0.4, -0.2) is 23.5 Å². The third-order valence-corrected chi connectivity index (χ3v) is 7.75. The summed E-state index contributed by atoms with van der Waals surface area (Å²) in [6.45, 7) is -0.273. The Morgan fingerprint density at radius 1 is 0.871 bits per heavy atom. The van der Waals surface area contributed by atoms with Gasteiger partial charge >= 0.3 is 0 Å². The van der Waals surface area contributed by atoms with Gasteiger partial charge in [0.2, 0.25) is 11.8 Å². The van der Waals surface area contributed by atoms with Crippen molar-refractivity contribution in [2.24, 2.45) is 11.8 Å². The highest BCUT2D eigenvalue weighted by molar-refractivity contribution is 6.38. The topological polar surface area (TPSA) is 57.6 Å². The second-order valence-electron chi connectivity index (χ2n) is 8.39. The summed E-state index contributed by atoms with van der Waals surface area (Å²) >= 11 is 12.6. The Kier molecular flexibility index (Phi) is 3.95. The number of hydrogen-bond acceptors (Lipinski definition) is 3. The van der Waals surface area contributed by atoms with E-state index in [0.717, 1.165) is 22.3 Å². The van der Waals surface area contributed by atoms with E-state index < -0.39 is 17.3 Å². The Bertz CT molecular complexity index is 1240.